The van der Waals surface area contributed by atoms with Gasteiger partial charge in [0.15, 0.2) is 0 Å². The van der Waals surface area contributed by atoms with E-state index in [2.05, 4.69) is 23.3 Å². The smallest absolute Gasteiger partial charge is 0.0528 e. The van der Waals surface area contributed by atoms with Crippen LogP contribution in [0.3, 0.4) is 0 Å². The Bertz CT molecular complexity index is 271. The van der Waals surface area contributed by atoms with Gasteiger partial charge in [0.2, 0.25) is 0 Å². The van der Waals surface area contributed by atoms with Crippen LogP contribution < -0.4 is 5.32 Å². The number of nitrogens with zero attached hydrogens (tertiary/aromatic N) is 1. The van der Waals surface area contributed by atoms with E-state index in [0.29, 0.717) is 6.04 Å². The fourth-order valence-electron chi connectivity index (χ4n) is 2.26. The van der Waals surface area contributed by atoms with Crippen molar-refractivity contribution < 1.29 is 0 Å². The lowest BCUT2D eigenvalue weighted by molar-refractivity contribution is 0.525. The molecule has 1 heterocycles. The molecule has 0 amide bonds. The Morgan fingerprint density at radius 3 is 3.07 bits per heavy atom. The summed E-state index contributed by atoms with van der Waals surface area (Å²) in [6, 6.07) is 4.74. The van der Waals surface area contributed by atoms with E-state index in [-0.39, 0.29) is 0 Å². The minimum absolute atomic E-state index is 0.671. The first-order valence-corrected chi connectivity index (χ1v) is 5.55. The quantitative estimate of drug-likeness (QED) is 0.792. The second-order valence-electron chi connectivity index (χ2n) is 4.17. The van der Waals surface area contributed by atoms with Crippen molar-refractivity contribution in [2.75, 3.05) is 5.32 Å². The number of aromatic nitrogens is 1. The molecule has 0 aliphatic heterocycles. The zero-order chi connectivity index (χ0) is 9.80. The highest BCUT2D eigenvalue weighted by Crippen LogP contribution is 2.29. The fourth-order valence-corrected chi connectivity index (χ4v) is 2.26. The van der Waals surface area contributed by atoms with Gasteiger partial charge in [-0.1, -0.05) is 13.3 Å². The van der Waals surface area contributed by atoms with Gasteiger partial charge < -0.3 is 5.32 Å². The Balaban J connectivity index is 1.88. The summed E-state index contributed by atoms with van der Waals surface area (Å²) >= 11 is 0. The van der Waals surface area contributed by atoms with Gasteiger partial charge in [-0.3, -0.25) is 4.98 Å². The fraction of sp³-hybridized carbons (Fsp3) is 0.583. The SMILES string of the molecule is CCC1CCC(Nc2cccnc2)C1. The van der Waals surface area contributed by atoms with E-state index < -0.39 is 0 Å². The highest BCUT2D eigenvalue weighted by Gasteiger charge is 2.22. The number of pyridine rings is 1. The molecule has 2 atom stereocenters. The zero-order valence-electron chi connectivity index (χ0n) is 8.74. The zero-order valence-corrected chi connectivity index (χ0v) is 8.74. The molecule has 1 aliphatic rings. The largest absolute Gasteiger partial charge is 0.381 e. The lowest BCUT2D eigenvalue weighted by atomic mass is 10.1. The van der Waals surface area contributed by atoms with Gasteiger partial charge >= 0.3 is 0 Å². The van der Waals surface area contributed by atoms with Gasteiger partial charge in [-0.05, 0) is 37.3 Å². The number of rotatable bonds is 3. The molecule has 1 saturated carbocycles. The molecule has 2 rings (SSSR count). The van der Waals surface area contributed by atoms with E-state index in [9.17, 15) is 0 Å². The van der Waals surface area contributed by atoms with Gasteiger partial charge in [-0.2, -0.15) is 0 Å². The molecule has 0 aromatic carbocycles. The van der Waals surface area contributed by atoms with Crippen molar-refractivity contribution in [2.45, 2.75) is 38.6 Å². The maximum absolute atomic E-state index is 4.10. The van der Waals surface area contributed by atoms with Crippen LogP contribution >= 0.6 is 0 Å². The van der Waals surface area contributed by atoms with E-state index in [0.717, 1.165) is 11.6 Å². The predicted molar refractivity (Wildman–Crippen MR) is 59.3 cm³/mol. The van der Waals surface area contributed by atoms with E-state index in [1.54, 1.807) is 0 Å². The van der Waals surface area contributed by atoms with Crippen LogP contribution in [-0.2, 0) is 0 Å². The summed E-state index contributed by atoms with van der Waals surface area (Å²) < 4.78 is 0. The lowest BCUT2D eigenvalue weighted by Gasteiger charge is -2.13. The van der Waals surface area contributed by atoms with Crippen LogP contribution in [0.15, 0.2) is 24.5 Å². The molecule has 2 heteroatoms. The molecule has 1 aliphatic carbocycles. The topological polar surface area (TPSA) is 24.9 Å². The van der Waals surface area contributed by atoms with Crippen molar-refractivity contribution in [1.29, 1.82) is 0 Å². The Labute approximate surface area is 85.7 Å². The number of hydrogen-bond acceptors (Lipinski definition) is 2. The Morgan fingerprint density at radius 2 is 2.43 bits per heavy atom. The molecule has 0 bridgehead atoms. The van der Waals surface area contributed by atoms with Crippen LogP contribution in [0.4, 0.5) is 5.69 Å². The van der Waals surface area contributed by atoms with E-state index in [4.69, 9.17) is 0 Å². The Hall–Kier alpha value is -1.05. The van der Waals surface area contributed by atoms with Crippen LogP contribution in [0.5, 0.6) is 0 Å². The maximum Gasteiger partial charge on any atom is 0.0528 e. The van der Waals surface area contributed by atoms with E-state index in [1.165, 1.54) is 25.7 Å². The first kappa shape index (κ1) is 9.50. The number of hydrogen-bond donors (Lipinski definition) is 1. The van der Waals surface area contributed by atoms with Crippen LogP contribution in [0.1, 0.15) is 32.6 Å². The molecule has 2 nitrogen and oxygen atoms in total. The van der Waals surface area contributed by atoms with E-state index in [1.807, 2.05) is 18.5 Å². The first-order chi connectivity index (χ1) is 6.88. The third kappa shape index (κ3) is 2.25. The summed E-state index contributed by atoms with van der Waals surface area (Å²) in [5.41, 5.74) is 1.16. The van der Waals surface area contributed by atoms with Crippen molar-refractivity contribution in [1.82, 2.24) is 4.98 Å². The molecular weight excluding hydrogens is 172 g/mol. The van der Waals surface area contributed by atoms with Crippen molar-refractivity contribution in [3.05, 3.63) is 24.5 Å². The number of anilines is 1. The maximum atomic E-state index is 4.10. The van der Waals surface area contributed by atoms with Crippen molar-refractivity contribution in [3.8, 4) is 0 Å². The van der Waals surface area contributed by atoms with Gasteiger partial charge in [-0.15, -0.1) is 0 Å². The lowest BCUT2D eigenvalue weighted by Crippen LogP contribution is -2.15. The second-order valence-corrected chi connectivity index (χ2v) is 4.17. The van der Waals surface area contributed by atoms with Crippen molar-refractivity contribution in [2.24, 2.45) is 5.92 Å². The molecular formula is C12H18N2. The Kier molecular flexibility index (Phi) is 3.02. The molecule has 1 aromatic rings. The standard InChI is InChI=1S/C12H18N2/c1-2-10-5-6-11(8-10)14-12-4-3-7-13-9-12/h3-4,7,9-11,14H,2,5-6,8H2,1H3. The monoisotopic (exact) mass is 190 g/mol. The van der Waals surface area contributed by atoms with Gasteiger partial charge in [0.05, 0.1) is 5.69 Å². The minimum Gasteiger partial charge on any atom is -0.381 e. The molecule has 0 saturated heterocycles. The number of nitrogens with one attached hydrogen (secondary N) is 1. The molecule has 1 fully saturated rings. The normalized spacial score (nSPS) is 26.4. The van der Waals surface area contributed by atoms with Crippen LogP contribution in [0.2, 0.25) is 0 Å². The summed E-state index contributed by atoms with van der Waals surface area (Å²) in [6.07, 6.45) is 9.06. The molecule has 76 valence electrons. The van der Waals surface area contributed by atoms with Crippen LogP contribution in [-0.4, -0.2) is 11.0 Å². The van der Waals surface area contributed by atoms with Crippen molar-refractivity contribution >= 4 is 5.69 Å². The first-order valence-electron chi connectivity index (χ1n) is 5.55. The third-order valence-electron chi connectivity index (χ3n) is 3.15. The van der Waals surface area contributed by atoms with Gasteiger partial charge in [-0.25, -0.2) is 0 Å². The third-order valence-corrected chi connectivity index (χ3v) is 3.15. The molecule has 14 heavy (non-hydrogen) atoms. The summed E-state index contributed by atoms with van der Waals surface area (Å²) in [5.74, 6) is 0.934. The predicted octanol–water partition coefficient (Wildman–Crippen LogP) is 3.07. The van der Waals surface area contributed by atoms with Crippen LogP contribution in [0.25, 0.3) is 0 Å². The van der Waals surface area contributed by atoms with Crippen LogP contribution in [0, 0.1) is 5.92 Å². The summed E-state index contributed by atoms with van der Waals surface area (Å²) in [4.78, 5) is 4.10. The second kappa shape index (κ2) is 4.45. The highest BCUT2D eigenvalue weighted by atomic mass is 14.9. The highest BCUT2D eigenvalue weighted by molar-refractivity contribution is 5.40. The average Bonchev–Trinajstić information content (AvgIpc) is 2.67. The summed E-state index contributed by atoms with van der Waals surface area (Å²) in [6.45, 7) is 2.29. The van der Waals surface area contributed by atoms with Gasteiger partial charge in [0.25, 0.3) is 0 Å². The Morgan fingerprint density at radius 1 is 1.50 bits per heavy atom. The molecule has 0 radical (unpaired) electrons. The van der Waals surface area contributed by atoms with Gasteiger partial charge in [0, 0.05) is 18.4 Å². The minimum atomic E-state index is 0.671. The molecule has 0 spiro atoms. The van der Waals surface area contributed by atoms with E-state index >= 15 is 0 Å². The van der Waals surface area contributed by atoms with Gasteiger partial charge in [0.1, 0.15) is 0 Å². The summed E-state index contributed by atoms with van der Waals surface area (Å²) in [7, 11) is 0. The molecule has 1 N–H and O–H groups in total. The molecule has 1 aromatic heterocycles. The van der Waals surface area contributed by atoms with Crippen molar-refractivity contribution in [3.63, 3.8) is 0 Å². The summed E-state index contributed by atoms with van der Waals surface area (Å²) in [5, 5.41) is 3.54. The average molecular weight is 190 g/mol. The molecule has 2 unspecified atom stereocenters.